The Hall–Kier alpha value is -1.19. The summed E-state index contributed by atoms with van der Waals surface area (Å²) in [6.07, 6.45) is 2.65. The molecule has 126 valence electrons. The number of ether oxygens (including phenoxy) is 1. The van der Waals surface area contributed by atoms with Crippen molar-refractivity contribution in [2.45, 2.75) is 59.5 Å². The van der Waals surface area contributed by atoms with Crippen LogP contribution < -0.4 is 0 Å². The zero-order valence-electron chi connectivity index (χ0n) is 14.6. The maximum absolute atomic E-state index is 13.6. The monoisotopic (exact) mass is 318 g/mol. The molecule has 23 heavy (non-hydrogen) atoms. The van der Waals surface area contributed by atoms with Crippen LogP contribution in [-0.2, 0) is 19.1 Å². The fraction of sp³-hybridized carbons (Fsp3) is 0.842. The summed E-state index contributed by atoms with van der Waals surface area (Å²) in [6, 6.07) is 0. The maximum Gasteiger partial charge on any atom is 0.320 e. The number of Topliss-reactive ketones (excluding diaryl/α,β-unsaturated/α-hetero) is 2. The SMILES string of the molecule is CC1CCC2C(C)CC3C4C(C)(C)OC(=O)C4(C)C(=O)C23C1=O. The fourth-order valence-corrected chi connectivity index (χ4v) is 6.95. The number of hydrogen-bond acceptors (Lipinski definition) is 4. The second kappa shape index (κ2) is 4.07. The highest BCUT2D eigenvalue weighted by atomic mass is 16.6. The first kappa shape index (κ1) is 15.3. The third kappa shape index (κ3) is 1.39. The molecule has 0 amide bonds. The normalized spacial score (nSPS) is 53.8. The van der Waals surface area contributed by atoms with Gasteiger partial charge in [0, 0.05) is 11.8 Å². The van der Waals surface area contributed by atoms with Crippen molar-refractivity contribution >= 4 is 17.5 Å². The van der Waals surface area contributed by atoms with Gasteiger partial charge >= 0.3 is 5.97 Å². The predicted octanol–water partition coefficient (Wildman–Crippen LogP) is 2.78. The predicted molar refractivity (Wildman–Crippen MR) is 83.4 cm³/mol. The summed E-state index contributed by atoms with van der Waals surface area (Å²) in [5.41, 5.74) is -2.74. The van der Waals surface area contributed by atoms with E-state index in [1.54, 1.807) is 6.92 Å². The third-order valence-electron chi connectivity index (χ3n) is 7.65. The number of esters is 1. The number of ketones is 2. The lowest BCUT2D eigenvalue weighted by atomic mass is 9.58. The van der Waals surface area contributed by atoms with Gasteiger partial charge in [-0.1, -0.05) is 13.8 Å². The van der Waals surface area contributed by atoms with Crippen LogP contribution in [0.3, 0.4) is 0 Å². The number of cyclic esters (lactones) is 1. The van der Waals surface area contributed by atoms with Crippen molar-refractivity contribution < 1.29 is 19.1 Å². The molecule has 1 heterocycles. The Morgan fingerprint density at radius 1 is 1.00 bits per heavy atom. The van der Waals surface area contributed by atoms with Gasteiger partial charge in [0.25, 0.3) is 0 Å². The molecule has 7 atom stereocenters. The van der Waals surface area contributed by atoms with E-state index < -0.39 is 22.4 Å². The number of rotatable bonds is 0. The van der Waals surface area contributed by atoms with Gasteiger partial charge in [-0.3, -0.25) is 14.4 Å². The standard InChI is InChI=1S/C19H26O4/c1-9-6-7-11-10(2)8-12-13-17(3,4)23-16(22)18(13,5)15(21)19(11,12)14(9)20/h9-13H,6-8H2,1-5H3. The molecular formula is C19H26O4. The molecular weight excluding hydrogens is 292 g/mol. The Morgan fingerprint density at radius 2 is 1.65 bits per heavy atom. The molecule has 0 bridgehead atoms. The fourth-order valence-electron chi connectivity index (χ4n) is 6.95. The van der Waals surface area contributed by atoms with Gasteiger partial charge in [-0.2, -0.15) is 0 Å². The summed E-state index contributed by atoms with van der Waals surface area (Å²) in [5.74, 6) is -0.281. The van der Waals surface area contributed by atoms with Gasteiger partial charge < -0.3 is 4.74 Å². The van der Waals surface area contributed by atoms with Gasteiger partial charge in [-0.15, -0.1) is 0 Å². The van der Waals surface area contributed by atoms with E-state index >= 15 is 0 Å². The van der Waals surface area contributed by atoms with E-state index in [0.29, 0.717) is 5.92 Å². The van der Waals surface area contributed by atoms with Crippen LogP contribution in [0.1, 0.15) is 53.9 Å². The highest BCUT2D eigenvalue weighted by Crippen LogP contribution is 2.72. The van der Waals surface area contributed by atoms with Gasteiger partial charge in [0.15, 0.2) is 5.78 Å². The topological polar surface area (TPSA) is 60.4 Å². The first-order chi connectivity index (χ1) is 10.6. The van der Waals surface area contributed by atoms with E-state index in [2.05, 4.69) is 6.92 Å². The highest BCUT2D eigenvalue weighted by molar-refractivity contribution is 6.20. The molecule has 1 spiro atoms. The van der Waals surface area contributed by atoms with Crippen molar-refractivity contribution in [3.05, 3.63) is 0 Å². The lowest BCUT2D eigenvalue weighted by Gasteiger charge is -2.42. The van der Waals surface area contributed by atoms with Crippen molar-refractivity contribution in [1.82, 2.24) is 0 Å². The third-order valence-corrected chi connectivity index (χ3v) is 7.65. The first-order valence-electron chi connectivity index (χ1n) is 8.92. The van der Waals surface area contributed by atoms with Crippen LogP contribution >= 0.6 is 0 Å². The van der Waals surface area contributed by atoms with E-state index in [1.807, 2.05) is 20.8 Å². The van der Waals surface area contributed by atoms with Gasteiger partial charge in [-0.25, -0.2) is 0 Å². The van der Waals surface area contributed by atoms with Crippen molar-refractivity contribution in [2.24, 2.45) is 40.4 Å². The highest BCUT2D eigenvalue weighted by Gasteiger charge is 2.82. The zero-order chi connectivity index (χ0) is 16.9. The van der Waals surface area contributed by atoms with E-state index in [-0.39, 0.29) is 35.2 Å². The molecule has 0 aromatic rings. The molecule has 4 aliphatic rings. The molecule has 1 aliphatic heterocycles. The van der Waals surface area contributed by atoms with Crippen molar-refractivity contribution in [3.8, 4) is 0 Å². The van der Waals surface area contributed by atoms with Crippen LogP contribution in [0.25, 0.3) is 0 Å². The summed E-state index contributed by atoms with van der Waals surface area (Å²) < 4.78 is 5.60. The largest absolute Gasteiger partial charge is 0.459 e. The second-order valence-electron chi connectivity index (χ2n) is 9.14. The summed E-state index contributed by atoms with van der Waals surface area (Å²) in [6.45, 7) is 9.66. The van der Waals surface area contributed by atoms with Crippen molar-refractivity contribution in [1.29, 1.82) is 0 Å². The molecule has 1 saturated heterocycles. The Morgan fingerprint density at radius 3 is 2.30 bits per heavy atom. The van der Waals surface area contributed by atoms with Crippen molar-refractivity contribution in [3.63, 3.8) is 0 Å². The van der Waals surface area contributed by atoms with Crippen LogP contribution in [0.5, 0.6) is 0 Å². The number of carbonyl (C=O) groups excluding carboxylic acids is 3. The average Bonchev–Trinajstić information content (AvgIpc) is 2.91. The van der Waals surface area contributed by atoms with Crippen LogP contribution in [0.2, 0.25) is 0 Å². The maximum atomic E-state index is 13.6. The van der Waals surface area contributed by atoms with E-state index in [9.17, 15) is 14.4 Å². The molecule has 0 N–H and O–H groups in total. The molecule has 3 aliphatic carbocycles. The molecule has 4 rings (SSSR count). The summed E-state index contributed by atoms with van der Waals surface area (Å²) in [4.78, 5) is 39.5. The average molecular weight is 318 g/mol. The molecule has 0 aromatic carbocycles. The quantitative estimate of drug-likeness (QED) is 0.509. The number of fused-ring (bicyclic) bond motifs is 2. The smallest absolute Gasteiger partial charge is 0.320 e. The lowest BCUT2D eigenvalue weighted by molar-refractivity contribution is -0.162. The first-order valence-corrected chi connectivity index (χ1v) is 8.92. The second-order valence-corrected chi connectivity index (χ2v) is 9.14. The van der Waals surface area contributed by atoms with E-state index in [0.717, 1.165) is 19.3 Å². The molecule has 0 radical (unpaired) electrons. The van der Waals surface area contributed by atoms with Crippen LogP contribution in [0, 0.1) is 40.4 Å². The minimum atomic E-state index is -1.14. The summed E-state index contributed by atoms with van der Waals surface area (Å²) in [7, 11) is 0. The van der Waals surface area contributed by atoms with Crippen LogP contribution in [0.4, 0.5) is 0 Å². The molecule has 0 aromatic heterocycles. The van der Waals surface area contributed by atoms with Gasteiger partial charge in [-0.05, 0) is 57.8 Å². The van der Waals surface area contributed by atoms with E-state index in [4.69, 9.17) is 4.74 Å². The summed E-state index contributed by atoms with van der Waals surface area (Å²) in [5, 5.41) is 0. The minimum absolute atomic E-state index is 0.0447. The Bertz CT molecular complexity index is 635. The van der Waals surface area contributed by atoms with Crippen LogP contribution in [0.15, 0.2) is 0 Å². The molecule has 7 unspecified atom stereocenters. The molecule has 4 fully saturated rings. The Labute approximate surface area is 137 Å². The number of hydrogen-bond donors (Lipinski definition) is 0. The van der Waals surface area contributed by atoms with Gasteiger partial charge in [0.05, 0.1) is 5.41 Å². The lowest BCUT2D eigenvalue weighted by Crippen LogP contribution is -2.53. The molecule has 3 saturated carbocycles. The minimum Gasteiger partial charge on any atom is -0.459 e. The van der Waals surface area contributed by atoms with E-state index in [1.165, 1.54) is 0 Å². The van der Waals surface area contributed by atoms with Crippen LogP contribution in [-0.4, -0.2) is 23.1 Å². The zero-order valence-corrected chi connectivity index (χ0v) is 14.6. The summed E-state index contributed by atoms with van der Waals surface area (Å²) >= 11 is 0. The molecule has 4 nitrogen and oxygen atoms in total. The van der Waals surface area contributed by atoms with Crippen molar-refractivity contribution in [2.75, 3.05) is 0 Å². The Balaban J connectivity index is 1.96. The molecule has 4 heteroatoms. The van der Waals surface area contributed by atoms with Gasteiger partial charge in [0.1, 0.15) is 16.8 Å². The Kier molecular flexibility index (Phi) is 2.71. The van der Waals surface area contributed by atoms with Gasteiger partial charge in [0.2, 0.25) is 0 Å². The number of carbonyl (C=O) groups is 3.